The highest BCUT2D eigenvalue weighted by molar-refractivity contribution is 9.10. The predicted molar refractivity (Wildman–Crippen MR) is 77.1 cm³/mol. The minimum absolute atomic E-state index is 0.433. The van der Waals surface area contributed by atoms with E-state index in [1.165, 1.54) is 31.2 Å². The molecule has 1 aliphatic carbocycles. The molecule has 0 spiro atoms. The molecule has 17 heavy (non-hydrogen) atoms. The van der Waals surface area contributed by atoms with Crippen molar-refractivity contribution in [3.8, 4) is 0 Å². The van der Waals surface area contributed by atoms with E-state index < -0.39 is 0 Å². The molecule has 0 amide bonds. The minimum atomic E-state index is 0.433. The van der Waals surface area contributed by atoms with Gasteiger partial charge in [-0.2, -0.15) is 0 Å². The highest BCUT2D eigenvalue weighted by Gasteiger charge is 2.20. The van der Waals surface area contributed by atoms with Crippen LogP contribution in [0.15, 0.2) is 28.7 Å². The first-order valence-electron chi connectivity index (χ1n) is 6.66. The SMILES string of the molecule is CC(CC1CCC1)N[C@@H](C)c1cccc(Br)c1. The zero-order valence-electron chi connectivity index (χ0n) is 10.7. The topological polar surface area (TPSA) is 12.0 Å². The molecular weight excluding hydrogens is 274 g/mol. The average Bonchev–Trinajstić information content (AvgIpc) is 2.23. The summed E-state index contributed by atoms with van der Waals surface area (Å²) >= 11 is 3.53. The maximum Gasteiger partial charge on any atom is 0.0294 e. The number of hydrogen-bond acceptors (Lipinski definition) is 1. The Bertz CT molecular complexity index is 360. The number of benzene rings is 1. The highest BCUT2D eigenvalue weighted by Crippen LogP contribution is 2.31. The standard InChI is InChI=1S/C15H22BrN/c1-11(9-13-5-3-6-13)17-12(2)14-7-4-8-15(16)10-14/h4,7-8,10-13,17H,3,5-6,9H2,1-2H3/t11?,12-/m0/s1. The second-order valence-electron chi connectivity index (χ2n) is 5.38. The second kappa shape index (κ2) is 6.01. The smallest absolute Gasteiger partial charge is 0.0294 e. The van der Waals surface area contributed by atoms with Gasteiger partial charge in [-0.15, -0.1) is 0 Å². The van der Waals surface area contributed by atoms with Crippen LogP contribution in [0.4, 0.5) is 0 Å². The van der Waals surface area contributed by atoms with Crippen molar-refractivity contribution < 1.29 is 0 Å². The molecule has 1 nitrogen and oxygen atoms in total. The molecule has 2 heteroatoms. The summed E-state index contributed by atoms with van der Waals surface area (Å²) in [7, 11) is 0. The van der Waals surface area contributed by atoms with Gasteiger partial charge >= 0.3 is 0 Å². The van der Waals surface area contributed by atoms with Gasteiger partial charge in [0.15, 0.2) is 0 Å². The van der Waals surface area contributed by atoms with Crippen LogP contribution in [0.5, 0.6) is 0 Å². The Morgan fingerprint density at radius 1 is 1.35 bits per heavy atom. The van der Waals surface area contributed by atoms with Gasteiger partial charge in [0.2, 0.25) is 0 Å². The van der Waals surface area contributed by atoms with Crippen molar-refractivity contribution in [3.05, 3.63) is 34.3 Å². The van der Waals surface area contributed by atoms with E-state index in [0.717, 1.165) is 10.4 Å². The molecule has 1 N–H and O–H groups in total. The van der Waals surface area contributed by atoms with Crippen LogP contribution in [0.25, 0.3) is 0 Å². The Kier molecular flexibility index (Phi) is 4.63. The lowest BCUT2D eigenvalue weighted by atomic mass is 9.81. The maximum absolute atomic E-state index is 3.70. The highest BCUT2D eigenvalue weighted by atomic mass is 79.9. The quantitative estimate of drug-likeness (QED) is 0.832. The van der Waals surface area contributed by atoms with Gasteiger partial charge in [-0.1, -0.05) is 47.3 Å². The van der Waals surface area contributed by atoms with Gasteiger partial charge in [-0.25, -0.2) is 0 Å². The van der Waals surface area contributed by atoms with E-state index in [4.69, 9.17) is 0 Å². The van der Waals surface area contributed by atoms with Gasteiger partial charge in [0, 0.05) is 16.6 Å². The Hall–Kier alpha value is -0.340. The molecule has 1 aliphatic rings. The third-order valence-corrected chi connectivity index (χ3v) is 4.29. The van der Waals surface area contributed by atoms with Gasteiger partial charge in [-0.3, -0.25) is 0 Å². The number of nitrogens with one attached hydrogen (secondary N) is 1. The van der Waals surface area contributed by atoms with E-state index in [-0.39, 0.29) is 0 Å². The van der Waals surface area contributed by atoms with Gasteiger partial charge in [0.05, 0.1) is 0 Å². The van der Waals surface area contributed by atoms with Crippen LogP contribution in [0, 0.1) is 5.92 Å². The number of hydrogen-bond donors (Lipinski definition) is 1. The second-order valence-corrected chi connectivity index (χ2v) is 6.29. The number of rotatable bonds is 5. The van der Waals surface area contributed by atoms with Crippen LogP contribution >= 0.6 is 15.9 Å². The molecular formula is C15H22BrN. The van der Waals surface area contributed by atoms with Crippen molar-refractivity contribution >= 4 is 15.9 Å². The summed E-state index contributed by atoms with van der Waals surface area (Å²) in [4.78, 5) is 0. The van der Waals surface area contributed by atoms with Crippen LogP contribution in [-0.4, -0.2) is 6.04 Å². The van der Waals surface area contributed by atoms with E-state index >= 15 is 0 Å². The van der Waals surface area contributed by atoms with Gasteiger partial charge in [0.1, 0.15) is 0 Å². The fraction of sp³-hybridized carbons (Fsp3) is 0.600. The molecule has 1 aromatic carbocycles. The van der Waals surface area contributed by atoms with E-state index in [1.54, 1.807) is 0 Å². The van der Waals surface area contributed by atoms with E-state index in [1.807, 2.05) is 0 Å². The molecule has 2 atom stereocenters. The zero-order valence-corrected chi connectivity index (χ0v) is 12.3. The third kappa shape index (κ3) is 3.82. The largest absolute Gasteiger partial charge is 0.308 e. The normalized spacial score (nSPS) is 19.7. The van der Waals surface area contributed by atoms with Crippen molar-refractivity contribution in [3.63, 3.8) is 0 Å². The summed E-state index contributed by atoms with van der Waals surface area (Å²) in [5.41, 5.74) is 1.36. The minimum Gasteiger partial charge on any atom is -0.308 e. The van der Waals surface area contributed by atoms with Gasteiger partial charge in [-0.05, 0) is 43.9 Å². The fourth-order valence-electron chi connectivity index (χ4n) is 2.60. The summed E-state index contributed by atoms with van der Waals surface area (Å²) in [6, 6.07) is 9.63. The molecule has 0 radical (unpaired) electrons. The Morgan fingerprint density at radius 2 is 2.12 bits per heavy atom. The summed E-state index contributed by atoms with van der Waals surface area (Å²) in [6.45, 7) is 4.56. The first kappa shape index (κ1) is 13.1. The molecule has 0 bridgehead atoms. The van der Waals surface area contributed by atoms with E-state index in [9.17, 15) is 0 Å². The molecule has 1 unspecified atom stereocenters. The van der Waals surface area contributed by atoms with Gasteiger partial charge in [0.25, 0.3) is 0 Å². The molecule has 0 heterocycles. The van der Waals surface area contributed by atoms with Crippen molar-refractivity contribution in [2.45, 2.75) is 51.6 Å². The van der Waals surface area contributed by atoms with Crippen molar-refractivity contribution in [2.24, 2.45) is 5.92 Å². The summed E-state index contributed by atoms with van der Waals surface area (Å²) in [6.07, 6.45) is 5.66. The van der Waals surface area contributed by atoms with Crippen molar-refractivity contribution in [1.82, 2.24) is 5.32 Å². The molecule has 1 fully saturated rings. The van der Waals surface area contributed by atoms with Gasteiger partial charge < -0.3 is 5.32 Å². The maximum atomic E-state index is 3.70. The summed E-state index contributed by atoms with van der Waals surface area (Å²) in [5.74, 6) is 0.979. The van der Waals surface area contributed by atoms with E-state index in [0.29, 0.717) is 12.1 Å². The average molecular weight is 296 g/mol. The Morgan fingerprint density at radius 3 is 2.71 bits per heavy atom. The summed E-state index contributed by atoms with van der Waals surface area (Å²) in [5, 5.41) is 3.70. The lowest BCUT2D eigenvalue weighted by Crippen LogP contribution is -2.32. The first-order chi connectivity index (χ1) is 8.15. The predicted octanol–water partition coefficient (Wildman–Crippen LogP) is 4.68. The van der Waals surface area contributed by atoms with Crippen LogP contribution in [0.2, 0.25) is 0 Å². The molecule has 1 saturated carbocycles. The molecule has 94 valence electrons. The molecule has 2 rings (SSSR count). The molecule has 0 aromatic heterocycles. The van der Waals surface area contributed by atoms with Crippen LogP contribution in [-0.2, 0) is 0 Å². The molecule has 1 aromatic rings. The van der Waals surface area contributed by atoms with Crippen LogP contribution in [0.3, 0.4) is 0 Å². The lowest BCUT2D eigenvalue weighted by molar-refractivity contribution is 0.259. The third-order valence-electron chi connectivity index (χ3n) is 3.79. The zero-order chi connectivity index (χ0) is 12.3. The van der Waals surface area contributed by atoms with Crippen LogP contribution in [0.1, 0.15) is 51.1 Å². The monoisotopic (exact) mass is 295 g/mol. The summed E-state index contributed by atoms with van der Waals surface area (Å²) < 4.78 is 1.16. The number of halogens is 1. The van der Waals surface area contributed by atoms with Crippen molar-refractivity contribution in [1.29, 1.82) is 0 Å². The first-order valence-corrected chi connectivity index (χ1v) is 7.46. The van der Waals surface area contributed by atoms with E-state index in [2.05, 4.69) is 59.4 Å². The molecule has 0 saturated heterocycles. The Labute approximate surface area is 113 Å². The Balaban J connectivity index is 1.84. The fourth-order valence-corrected chi connectivity index (χ4v) is 3.01. The van der Waals surface area contributed by atoms with Crippen LogP contribution < -0.4 is 5.32 Å². The van der Waals surface area contributed by atoms with Crippen molar-refractivity contribution in [2.75, 3.05) is 0 Å². The lowest BCUT2D eigenvalue weighted by Gasteiger charge is -2.30. The molecule has 0 aliphatic heterocycles.